The lowest BCUT2D eigenvalue weighted by Gasteiger charge is -2.34. The van der Waals surface area contributed by atoms with Crippen LogP contribution < -0.4 is 11.5 Å². The number of nitrogens with zero attached hydrogens (tertiary/aromatic N) is 1. The van der Waals surface area contributed by atoms with Gasteiger partial charge in [-0.1, -0.05) is 53.9 Å². The lowest BCUT2D eigenvalue weighted by Crippen LogP contribution is -2.53. The minimum atomic E-state index is -1.33. The van der Waals surface area contributed by atoms with E-state index in [1.807, 2.05) is 20.8 Å². The molecule has 3 fully saturated rings. The van der Waals surface area contributed by atoms with Crippen molar-refractivity contribution in [2.45, 2.75) is 97.8 Å². The number of hydrogen-bond donors (Lipinski definition) is 3. The maximum absolute atomic E-state index is 13.5. The Bertz CT molecular complexity index is 740. The molecule has 0 bridgehead atoms. The maximum Gasteiger partial charge on any atom is 0.246 e. The molecule has 0 aromatic carbocycles. The van der Waals surface area contributed by atoms with Gasteiger partial charge in [0.1, 0.15) is 6.10 Å². The summed E-state index contributed by atoms with van der Waals surface area (Å²) >= 11 is 0. The normalized spacial score (nSPS) is 30.5. The molecule has 5 atom stereocenters. The van der Waals surface area contributed by atoms with Gasteiger partial charge < -0.3 is 21.5 Å². The summed E-state index contributed by atoms with van der Waals surface area (Å²) in [6.07, 6.45) is 4.22. The fourth-order valence-electron chi connectivity index (χ4n) is 5.58. The van der Waals surface area contributed by atoms with Crippen molar-refractivity contribution >= 4 is 17.6 Å². The number of aliphatic hydroxyl groups excluding tert-OH is 1. The number of hydrogen-bond acceptors (Lipinski definition) is 5. The largest absolute Gasteiger partial charge is 0.383 e. The highest BCUT2D eigenvalue weighted by molar-refractivity contribution is 5.92. The average Bonchev–Trinajstić information content (AvgIpc) is 2.96. The van der Waals surface area contributed by atoms with Crippen LogP contribution in [0.1, 0.15) is 79.6 Å². The molecule has 4 unspecified atom stereocenters. The Hall–Kier alpha value is -1.47. The van der Waals surface area contributed by atoms with Crippen LogP contribution in [-0.4, -0.2) is 52.3 Å². The molecule has 0 aromatic heterocycles. The van der Waals surface area contributed by atoms with Gasteiger partial charge in [0.25, 0.3) is 0 Å². The summed E-state index contributed by atoms with van der Waals surface area (Å²) in [6.45, 7) is 10.7. The summed E-state index contributed by atoms with van der Waals surface area (Å²) in [5.41, 5.74) is 11.3. The fraction of sp³-hybridized carbons (Fsp3) is 0.875. The van der Waals surface area contributed by atoms with Crippen LogP contribution in [0, 0.1) is 28.1 Å². The van der Waals surface area contributed by atoms with Crippen LogP contribution in [0.4, 0.5) is 0 Å². The van der Waals surface area contributed by atoms with E-state index >= 15 is 0 Å². The molecular weight excluding hydrogens is 394 g/mol. The molecule has 1 heterocycles. The third-order valence-corrected chi connectivity index (χ3v) is 8.44. The van der Waals surface area contributed by atoms with Gasteiger partial charge in [0.15, 0.2) is 5.78 Å². The van der Waals surface area contributed by atoms with Crippen LogP contribution in [0.3, 0.4) is 0 Å². The van der Waals surface area contributed by atoms with Crippen molar-refractivity contribution in [2.75, 3.05) is 6.54 Å². The van der Waals surface area contributed by atoms with Gasteiger partial charge in [-0.15, -0.1) is 0 Å². The van der Waals surface area contributed by atoms with Gasteiger partial charge in [-0.05, 0) is 41.4 Å². The van der Waals surface area contributed by atoms with Gasteiger partial charge in [-0.2, -0.15) is 0 Å². The Morgan fingerprint density at radius 2 is 1.77 bits per heavy atom. The van der Waals surface area contributed by atoms with Gasteiger partial charge in [-0.3, -0.25) is 14.4 Å². The molecule has 0 aromatic rings. The lowest BCUT2D eigenvalue weighted by molar-refractivity contribution is -0.142. The van der Waals surface area contributed by atoms with Crippen molar-refractivity contribution in [1.82, 2.24) is 4.90 Å². The van der Waals surface area contributed by atoms with Crippen LogP contribution in [0.2, 0.25) is 0 Å². The van der Waals surface area contributed by atoms with Crippen LogP contribution >= 0.6 is 0 Å². The highest BCUT2D eigenvalue weighted by Gasteiger charge is 2.67. The molecule has 1 saturated heterocycles. The van der Waals surface area contributed by atoms with E-state index in [1.165, 1.54) is 0 Å². The zero-order valence-electron chi connectivity index (χ0n) is 19.8. The first-order chi connectivity index (χ1) is 14.2. The number of ketones is 1. The second-order valence-corrected chi connectivity index (χ2v) is 12.2. The molecule has 3 aliphatic rings. The van der Waals surface area contributed by atoms with Gasteiger partial charge >= 0.3 is 0 Å². The van der Waals surface area contributed by atoms with Crippen molar-refractivity contribution in [3.63, 3.8) is 0 Å². The summed E-state index contributed by atoms with van der Waals surface area (Å²) in [5.74, 6) is -1.12. The van der Waals surface area contributed by atoms with Crippen molar-refractivity contribution in [3.8, 4) is 0 Å². The molecule has 1 aliphatic heterocycles. The lowest BCUT2D eigenvalue weighted by atomic mass is 9.75. The van der Waals surface area contributed by atoms with Crippen molar-refractivity contribution in [2.24, 2.45) is 39.5 Å². The topological polar surface area (TPSA) is 127 Å². The molecule has 0 radical (unpaired) electrons. The van der Waals surface area contributed by atoms with E-state index < -0.39 is 35.4 Å². The SMILES string of the molecule is CC(C)(C)[C@H](N)C(=O)N1CC2(CC1C(=O)CC(CC1CCC1)C(O)C(N)=O)CC2(C)C. The molecule has 7 heteroatoms. The van der Waals surface area contributed by atoms with Gasteiger partial charge in [-0.25, -0.2) is 0 Å². The summed E-state index contributed by atoms with van der Waals surface area (Å²) < 4.78 is 0. The third-order valence-electron chi connectivity index (χ3n) is 8.44. The Kier molecular flexibility index (Phi) is 6.35. The van der Waals surface area contributed by atoms with Gasteiger partial charge in [0.05, 0.1) is 12.1 Å². The zero-order valence-corrected chi connectivity index (χ0v) is 19.8. The number of carbonyl (C=O) groups excluding carboxylic acids is 3. The fourth-order valence-corrected chi connectivity index (χ4v) is 5.58. The zero-order chi connectivity index (χ0) is 23.4. The number of primary amides is 1. The number of nitrogens with two attached hydrogens (primary N) is 2. The molecule has 2 aliphatic carbocycles. The summed E-state index contributed by atoms with van der Waals surface area (Å²) in [6, 6.07) is -1.24. The van der Waals surface area contributed by atoms with Crippen LogP contribution in [0.25, 0.3) is 0 Å². The number of carbonyl (C=O) groups is 3. The second kappa shape index (κ2) is 8.14. The van der Waals surface area contributed by atoms with Crippen LogP contribution in [-0.2, 0) is 14.4 Å². The molecule has 2 amide bonds. The van der Waals surface area contributed by atoms with Crippen LogP contribution in [0.5, 0.6) is 0 Å². The number of likely N-dealkylation sites (tertiary alicyclic amines) is 1. The van der Waals surface area contributed by atoms with E-state index in [0.717, 1.165) is 25.7 Å². The monoisotopic (exact) mass is 435 g/mol. The van der Waals surface area contributed by atoms with E-state index in [4.69, 9.17) is 11.5 Å². The molecular formula is C24H41N3O4. The predicted octanol–water partition coefficient (Wildman–Crippen LogP) is 1.99. The molecule has 2 saturated carbocycles. The highest BCUT2D eigenvalue weighted by atomic mass is 16.3. The molecule has 7 nitrogen and oxygen atoms in total. The Balaban J connectivity index is 1.79. The number of rotatable bonds is 8. The average molecular weight is 436 g/mol. The Morgan fingerprint density at radius 3 is 2.19 bits per heavy atom. The van der Waals surface area contributed by atoms with Gasteiger partial charge in [0, 0.05) is 18.9 Å². The van der Waals surface area contributed by atoms with Crippen molar-refractivity contribution in [3.05, 3.63) is 0 Å². The first-order valence-corrected chi connectivity index (χ1v) is 11.7. The molecule has 176 valence electrons. The van der Waals surface area contributed by atoms with Crippen LogP contribution in [0.15, 0.2) is 0 Å². The highest BCUT2D eigenvalue weighted by Crippen LogP contribution is 2.69. The minimum absolute atomic E-state index is 0.0492. The molecule has 1 spiro atoms. The van der Waals surface area contributed by atoms with Crippen molar-refractivity contribution in [1.29, 1.82) is 0 Å². The first-order valence-electron chi connectivity index (χ1n) is 11.7. The van der Waals surface area contributed by atoms with E-state index in [9.17, 15) is 19.5 Å². The predicted molar refractivity (Wildman–Crippen MR) is 119 cm³/mol. The smallest absolute Gasteiger partial charge is 0.246 e. The number of amides is 2. The van der Waals surface area contributed by atoms with E-state index in [1.54, 1.807) is 4.90 Å². The van der Waals surface area contributed by atoms with E-state index in [0.29, 0.717) is 25.3 Å². The number of Topliss-reactive ketones (excluding diaryl/α,β-unsaturated/α-hetero) is 1. The molecule has 5 N–H and O–H groups in total. The maximum atomic E-state index is 13.5. The molecule has 31 heavy (non-hydrogen) atoms. The standard InChI is InChI=1S/C24H41N3O4/c1-22(2,3)19(25)21(31)27-13-24(12-23(24,4)5)11-16(27)17(28)10-15(18(29)20(26)30)9-14-7-6-8-14/h14-16,18-19,29H,6-13,25H2,1-5H3,(H2,26,30)/t15?,16?,18?,19-,24?/m1/s1. The Morgan fingerprint density at radius 1 is 1.19 bits per heavy atom. The van der Waals surface area contributed by atoms with E-state index in [-0.39, 0.29) is 28.9 Å². The third kappa shape index (κ3) is 4.68. The summed E-state index contributed by atoms with van der Waals surface area (Å²) in [4.78, 5) is 40.2. The minimum Gasteiger partial charge on any atom is -0.383 e. The first kappa shape index (κ1) is 24.2. The summed E-state index contributed by atoms with van der Waals surface area (Å²) in [5, 5.41) is 10.4. The second-order valence-electron chi connectivity index (χ2n) is 12.2. The Labute approximate surface area is 186 Å². The molecule has 3 rings (SSSR count). The van der Waals surface area contributed by atoms with E-state index in [2.05, 4.69) is 13.8 Å². The van der Waals surface area contributed by atoms with Gasteiger partial charge in [0.2, 0.25) is 11.8 Å². The summed E-state index contributed by atoms with van der Waals surface area (Å²) in [7, 11) is 0. The van der Waals surface area contributed by atoms with Crippen molar-refractivity contribution < 1.29 is 19.5 Å². The quantitative estimate of drug-likeness (QED) is 0.537. The number of aliphatic hydroxyl groups is 1.